The van der Waals surface area contributed by atoms with E-state index in [1.54, 1.807) is 33.1 Å². The van der Waals surface area contributed by atoms with Crippen LogP contribution in [0.25, 0.3) is 5.82 Å². The molecule has 12 heteroatoms. The fourth-order valence-corrected chi connectivity index (χ4v) is 3.10. The minimum absolute atomic E-state index is 0.0275. The summed E-state index contributed by atoms with van der Waals surface area (Å²) in [5.74, 6) is 0.611. The van der Waals surface area contributed by atoms with E-state index in [4.69, 9.17) is 15.2 Å². The van der Waals surface area contributed by atoms with E-state index in [1.807, 2.05) is 36.4 Å². The molecule has 0 bridgehead atoms. The van der Waals surface area contributed by atoms with Crippen LogP contribution in [-0.2, 0) is 6.61 Å². The zero-order valence-electron chi connectivity index (χ0n) is 18.7. The van der Waals surface area contributed by atoms with Crippen molar-refractivity contribution in [3.63, 3.8) is 0 Å². The fourth-order valence-electron chi connectivity index (χ4n) is 3.10. The number of hydrogen-bond donors (Lipinski definition) is 2. The quantitative estimate of drug-likeness (QED) is 0.296. The van der Waals surface area contributed by atoms with Gasteiger partial charge in [-0.15, -0.1) is 5.10 Å². The van der Waals surface area contributed by atoms with E-state index < -0.39 is 5.91 Å². The summed E-state index contributed by atoms with van der Waals surface area (Å²) in [4.78, 5) is 12.8. The van der Waals surface area contributed by atoms with Crippen LogP contribution in [0.5, 0.6) is 11.5 Å². The van der Waals surface area contributed by atoms with Gasteiger partial charge in [-0.3, -0.25) is 4.79 Å². The molecular formula is C22H22N8O4. The van der Waals surface area contributed by atoms with Gasteiger partial charge in [0, 0.05) is 5.56 Å². The number of aryl methyl sites for hydroxylation is 1. The normalized spacial score (nSPS) is 11.3. The highest BCUT2D eigenvalue weighted by molar-refractivity contribution is 6.01. The Morgan fingerprint density at radius 3 is 2.68 bits per heavy atom. The van der Waals surface area contributed by atoms with E-state index in [1.165, 1.54) is 0 Å². The lowest BCUT2D eigenvalue weighted by Crippen LogP contribution is -2.24. The third-order valence-corrected chi connectivity index (χ3v) is 4.89. The van der Waals surface area contributed by atoms with Gasteiger partial charge in [-0.05, 0) is 47.9 Å². The molecular weight excluding hydrogens is 440 g/mol. The number of hydrogen-bond acceptors (Lipinski definition) is 10. The number of carbonyl (C=O) groups excluding carboxylic acids is 1. The summed E-state index contributed by atoms with van der Waals surface area (Å²) < 4.78 is 17.1. The van der Waals surface area contributed by atoms with Crippen molar-refractivity contribution in [1.29, 1.82) is 0 Å². The van der Waals surface area contributed by atoms with Crippen LogP contribution in [0.2, 0.25) is 0 Å². The molecule has 34 heavy (non-hydrogen) atoms. The average Bonchev–Trinajstić information content (AvgIpc) is 3.46. The maximum Gasteiger partial charge on any atom is 0.292 e. The highest BCUT2D eigenvalue weighted by Crippen LogP contribution is 2.29. The molecule has 0 saturated heterocycles. The van der Waals surface area contributed by atoms with Crippen molar-refractivity contribution in [2.24, 2.45) is 5.10 Å². The molecule has 174 valence electrons. The van der Waals surface area contributed by atoms with Crippen molar-refractivity contribution in [2.45, 2.75) is 20.5 Å². The summed E-state index contributed by atoms with van der Waals surface area (Å²) in [5.41, 5.74) is 11.0. The summed E-state index contributed by atoms with van der Waals surface area (Å²) in [5, 5.41) is 19.1. The minimum atomic E-state index is -0.556. The van der Waals surface area contributed by atoms with Crippen LogP contribution in [0, 0.1) is 6.92 Å². The Kier molecular flexibility index (Phi) is 6.48. The highest BCUT2D eigenvalue weighted by Gasteiger charge is 2.23. The predicted octanol–water partition coefficient (Wildman–Crippen LogP) is 2.28. The Balaban J connectivity index is 1.49. The number of anilines is 1. The number of nitrogens with zero attached hydrogens (tertiary/aromatic N) is 6. The second-order valence-electron chi connectivity index (χ2n) is 7.19. The summed E-state index contributed by atoms with van der Waals surface area (Å²) >= 11 is 0. The molecule has 0 aliphatic rings. The fraction of sp³-hybridized carbons (Fsp3) is 0.182. The van der Waals surface area contributed by atoms with Crippen molar-refractivity contribution in [3.05, 3.63) is 71.0 Å². The number of benzene rings is 2. The van der Waals surface area contributed by atoms with Gasteiger partial charge in [-0.2, -0.15) is 9.78 Å². The van der Waals surface area contributed by atoms with E-state index in [-0.39, 0.29) is 17.3 Å². The molecule has 0 radical (unpaired) electrons. The number of rotatable bonds is 8. The molecule has 1 amide bonds. The zero-order valence-corrected chi connectivity index (χ0v) is 18.7. The first-order chi connectivity index (χ1) is 16.5. The molecule has 0 atom stereocenters. The van der Waals surface area contributed by atoms with Crippen molar-refractivity contribution >= 4 is 17.4 Å². The molecule has 0 unspecified atom stereocenters. The maximum absolute atomic E-state index is 12.8. The number of nitrogen functional groups attached to an aromatic ring is 1. The van der Waals surface area contributed by atoms with E-state index in [2.05, 4.69) is 35.8 Å². The second kappa shape index (κ2) is 9.81. The van der Waals surface area contributed by atoms with Crippen LogP contribution >= 0.6 is 0 Å². The number of ether oxygens (including phenoxy) is 2. The SMILES string of the molecule is COc1cc(/C(C)=N/NC(=O)c2c(C)nnn2-c2nonc2N)ccc1OCc1ccccc1. The first-order valence-corrected chi connectivity index (χ1v) is 10.2. The molecule has 3 N–H and O–H groups in total. The minimum Gasteiger partial charge on any atom is -0.493 e. The van der Waals surface area contributed by atoms with Gasteiger partial charge >= 0.3 is 0 Å². The number of carbonyl (C=O) groups is 1. The van der Waals surface area contributed by atoms with Gasteiger partial charge in [-0.25, -0.2) is 10.1 Å². The van der Waals surface area contributed by atoms with Crippen molar-refractivity contribution in [2.75, 3.05) is 12.8 Å². The number of aromatic nitrogens is 5. The maximum atomic E-state index is 12.8. The van der Waals surface area contributed by atoms with Gasteiger partial charge in [0.15, 0.2) is 17.2 Å². The molecule has 0 fully saturated rings. The van der Waals surface area contributed by atoms with Gasteiger partial charge in [0.2, 0.25) is 11.6 Å². The molecule has 12 nitrogen and oxygen atoms in total. The molecule has 4 rings (SSSR count). The average molecular weight is 462 g/mol. The smallest absolute Gasteiger partial charge is 0.292 e. The molecule has 2 aromatic carbocycles. The molecule has 4 aromatic rings. The first kappa shape index (κ1) is 22.5. The predicted molar refractivity (Wildman–Crippen MR) is 122 cm³/mol. The van der Waals surface area contributed by atoms with Crippen LogP contribution in [0.1, 0.15) is 34.2 Å². The van der Waals surface area contributed by atoms with E-state index in [0.717, 1.165) is 15.8 Å². The van der Waals surface area contributed by atoms with E-state index in [0.29, 0.717) is 29.5 Å². The number of amides is 1. The Morgan fingerprint density at radius 1 is 1.18 bits per heavy atom. The molecule has 0 aliphatic heterocycles. The zero-order chi connectivity index (χ0) is 24.1. The number of hydrazone groups is 1. The number of methoxy groups -OCH3 is 1. The molecule has 0 aliphatic carbocycles. The Bertz CT molecular complexity index is 1330. The van der Waals surface area contributed by atoms with Gasteiger partial charge in [-0.1, -0.05) is 35.5 Å². The van der Waals surface area contributed by atoms with Crippen molar-refractivity contribution < 1.29 is 18.9 Å². The highest BCUT2D eigenvalue weighted by atomic mass is 16.6. The van der Waals surface area contributed by atoms with Crippen LogP contribution in [0.4, 0.5) is 5.82 Å². The Labute approximate surface area is 194 Å². The van der Waals surface area contributed by atoms with Crippen LogP contribution < -0.4 is 20.6 Å². The summed E-state index contributed by atoms with van der Waals surface area (Å²) in [7, 11) is 1.56. The third-order valence-electron chi connectivity index (χ3n) is 4.89. The molecule has 0 saturated carbocycles. The largest absolute Gasteiger partial charge is 0.493 e. The van der Waals surface area contributed by atoms with E-state index >= 15 is 0 Å². The van der Waals surface area contributed by atoms with Gasteiger partial charge in [0.25, 0.3) is 5.91 Å². The number of nitrogens with one attached hydrogen (secondary N) is 1. The monoisotopic (exact) mass is 462 g/mol. The molecule has 2 aromatic heterocycles. The Morgan fingerprint density at radius 2 is 1.97 bits per heavy atom. The van der Waals surface area contributed by atoms with Crippen LogP contribution in [-0.4, -0.2) is 44.0 Å². The lowest BCUT2D eigenvalue weighted by Gasteiger charge is -2.12. The van der Waals surface area contributed by atoms with Crippen molar-refractivity contribution in [1.82, 2.24) is 30.7 Å². The Hall–Kier alpha value is -4.74. The first-order valence-electron chi connectivity index (χ1n) is 10.2. The lowest BCUT2D eigenvalue weighted by molar-refractivity contribution is 0.0946. The second-order valence-corrected chi connectivity index (χ2v) is 7.19. The topological polar surface area (TPSA) is 156 Å². The summed E-state index contributed by atoms with van der Waals surface area (Å²) in [6.45, 7) is 3.78. The standard InChI is InChI=1S/C22H22N8O4/c1-13(16-9-10-17(18(11-16)32-3)33-12-15-7-5-4-6-8-15)24-26-22(31)19-14(2)25-29-30(19)21-20(23)27-34-28-21/h4-11H,12H2,1-3H3,(H2,23,27)(H,26,31)/b24-13+. The van der Waals surface area contributed by atoms with Gasteiger partial charge in [0.05, 0.1) is 18.5 Å². The summed E-state index contributed by atoms with van der Waals surface area (Å²) in [6, 6.07) is 15.2. The van der Waals surface area contributed by atoms with E-state index in [9.17, 15) is 4.79 Å². The number of nitrogens with two attached hydrogens (primary N) is 1. The molecule has 0 spiro atoms. The lowest BCUT2D eigenvalue weighted by atomic mass is 10.1. The van der Waals surface area contributed by atoms with Gasteiger partial charge in [0.1, 0.15) is 6.61 Å². The van der Waals surface area contributed by atoms with Gasteiger partial charge < -0.3 is 15.2 Å². The molecule has 2 heterocycles. The van der Waals surface area contributed by atoms with Crippen LogP contribution in [0.15, 0.2) is 58.3 Å². The third kappa shape index (κ3) is 4.70. The van der Waals surface area contributed by atoms with Crippen LogP contribution in [0.3, 0.4) is 0 Å². The van der Waals surface area contributed by atoms with Crippen molar-refractivity contribution in [3.8, 4) is 17.3 Å². The summed E-state index contributed by atoms with van der Waals surface area (Å²) in [6.07, 6.45) is 0.